The summed E-state index contributed by atoms with van der Waals surface area (Å²) in [6, 6.07) is 15.0. The van der Waals surface area contributed by atoms with Crippen LogP contribution in [0.2, 0.25) is 0 Å². The number of carbonyl (C=O) groups excluding carboxylic acids is 1. The maximum absolute atomic E-state index is 13.8. The highest BCUT2D eigenvalue weighted by Gasteiger charge is 2.26. The summed E-state index contributed by atoms with van der Waals surface area (Å²) in [6.45, 7) is 10.5. The molecule has 0 aliphatic heterocycles. The minimum atomic E-state index is -0.374. The van der Waals surface area contributed by atoms with Crippen molar-refractivity contribution in [1.29, 1.82) is 0 Å². The van der Waals surface area contributed by atoms with Crippen molar-refractivity contribution >= 4 is 17.4 Å². The first-order valence-electron chi connectivity index (χ1n) is 13.6. The van der Waals surface area contributed by atoms with Crippen LogP contribution in [0.15, 0.2) is 66.0 Å². The van der Waals surface area contributed by atoms with Crippen LogP contribution < -0.4 is 16.6 Å². The zero-order valence-corrected chi connectivity index (χ0v) is 23.0. The van der Waals surface area contributed by atoms with Crippen molar-refractivity contribution in [2.75, 3.05) is 5.73 Å². The maximum Gasteiger partial charge on any atom is 0.323 e. The van der Waals surface area contributed by atoms with E-state index in [-0.39, 0.29) is 35.3 Å². The molecule has 0 amide bonds. The molecule has 206 valence electrons. The summed E-state index contributed by atoms with van der Waals surface area (Å²) in [6.07, 6.45) is 4.85. The molecule has 6 nitrogen and oxygen atoms in total. The van der Waals surface area contributed by atoms with Crippen molar-refractivity contribution in [1.82, 2.24) is 9.88 Å². The molecule has 3 N–H and O–H groups in total. The lowest BCUT2D eigenvalue weighted by atomic mass is 9.98. The van der Waals surface area contributed by atoms with Gasteiger partial charge in [-0.25, -0.2) is 4.39 Å². The molecule has 4 rings (SSSR count). The Hall–Kier alpha value is -3.71. The Balaban J connectivity index is 1.50. The Morgan fingerprint density at radius 1 is 1.13 bits per heavy atom. The number of esters is 1. The average molecular weight is 532 g/mol. The monoisotopic (exact) mass is 531 g/mol. The maximum atomic E-state index is 13.8. The van der Waals surface area contributed by atoms with E-state index < -0.39 is 0 Å². The molecule has 2 aromatic carbocycles. The largest absolute Gasteiger partial charge is 0.461 e. The number of pyridine rings is 1. The third-order valence-corrected chi connectivity index (χ3v) is 7.29. The molecule has 1 aromatic heterocycles. The van der Waals surface area contributed by atoms with Gasteiger partial charge in [0.05, 0.1) is 5.69 Å². The molecule has 1 atom stereocenters. The first kappa shape index (κ1) is 28.3. The molecule has 1 aliphatic rings. The third kappa shape index (κ3) is 6.84. The molecule has 0 spiro atoms. The minimum absolute atomic E-state index is 0.0379. The molecule has 1 fully saturated rings. The second-order valence-electron chi connectivity index (χ2n) is 10.8. The highest BCUT2D eigenvalue weighted by atomic mass is 19.1. The van der Waals surface area contributed by atoms with Crippen LogP contribution in [-0.2, 0) is 16.1 Å². The summed E-state index contributed by atoms with van der Waals surface area (Å²) in [5.74, 6) is 0.129. The molecule has 1 heterocycles. The molecule has 7 heteroatoms. The quantitative estimate of drug-likeness (QED) is 0.317. The average Bonchev–Trinajstić information content (AvgIpc) is 3.41. The van der Waals surface area contributed by atoms with Crippen molar-refractivity contribution in [3.63, 3.8) is 0 Å². The number of nitrogens with zero attached hydrogens (tertiary/aromatic N) is 1. The first-order chi connectivity index (χ1) is 18.6. The van der Waals surface area contributed by atoms with Crippen LogP contribution in [0, 0.1) is 18.7 Å². The zero-order valence-electron chi connectivity index (χ0n) is 23.0. The van der Waals surface area contributed by atoms with Gasteiger partial charge >= 0.3 is 5.97 Å². The number of ether oxygens (including phenoxy) is 1. The van der Waals surface area contributed by atoms with Gasteiger partial charge in [0.1, 0.15) is 23.8 Å². The molecular formula is C32H38FN3O3. The number of nitrogens with two attached hydrogens (primary N) is 1. The number of rotatable bonds is 10. The van der Waals surface area contributed by atoms with Crippen LogP contribution in [0.5, 0.6) is 0 Å². The molecule has 1 aliphatic carbocycles. The lowest BCUT2D eigenvalue weighted by molar-refractivity contribution is -0.151. The number of carbonyl (C=O) groups is 1. The number of hydrogen-bond donors (Lipinski definition) is 2. The zero-order chi connectivity index (χ0) is 28.1. The van der Waals surface area contributed by atoms with Gasteiger partial charge in [-0.1, -0.05) is 38.6 Å². The van der Waals surface area contributed by atoms with Gasteiger partial charge in [-0.3, -0.25) is 14.2 Å². The lowest BCUT2D eigenvalue weighted by Gasteiger charge is -2.22. The molecular weight excluding hydrogens is 493 g/mol. The van der Waals surface area contributed by atoms with Gasteiger partial charge in [0.2, 0.25) is 0 Å². The van der Waals surface area contributed by atoms with Crippen molar-refractivity contribution in [3.8, 4) is 5.69 Å². The summed E-state index contributed by atoms with van der Waals surface area (Å²) in [5.41, 5.74) is 10.2. The molecule has 0 bridgehead atoms. The number of nitrogens with one attached hydrogen (secondary N) is 1. The molecule has 0 unspecified atom stereocenters. The van der Waals surface area contributed by atoms with E-state index in [0.29, 0.717) is 41.3 Å². The Morgan fingerprint density at radius 2 is 1.82 bits per heavy atom. The molecule has 0 radical (unpaired) electrons. The van der Waals surface area contributed by atoms with Crippen LogP contribution in [0.3, 0.4) is 0 Å². The van der Waals surface area contributed by atoms with Gasteiger partial charge in [-0.2, -0.15) is 0 Å². The molecule has 3 aromatic rings. The highest BCUT2D eigenvalue weighted by Crippen LogP contribution is 2.28. The van der Waals surface area contributed by atoms with Crippen LogP contribution in [0.4, 0.5) is 10.2 Å². The standard InChI is InChI=1S/C32H38FN3O3/c1-20(2)17-29(32(38)39-26-7-5-6-8-26)35-19-23-9-12-25(13-10-23)36-30(37)16-14-27(31(36)34)22(4)24-11-15-28(33)21(3)18-24/h9-16,18,20,26,29,35H,4-8,17,19,34H2,1-3H3/t29-/m0/s1. The number of nitrogen functional groups attached to an aromatic ring is 1. The number of aromatic nitrogens is 1. The summed E-state index contributed by atoms with van der Waals surface area (Å²) in [7, 11) is 0. The van der Waals surface area contributed by atoms with E-state index >= 15 is 0 Å². The third-order valence-electron chi connectivity index (χ3n) is 7.29. The fourth-order valence-corrected chi connectivity index (χ4v) is 5.05. The Bertz CT molecular complexity index is 1390. The van der Waals surface area contributed by atoms with E-state index in [4.69, 9.17) is 10.5 Å². The fourth-order valence-electron chi connectivity index (χ4n) is 5.05. The van der Waals surface area contributed by atoms with Crippen LogP contribution in [0.1, 0.15) is 68.2 Å². The van der Waals surface area contributed by atoms with E-state index in [1.165, 1.54) is 16.7 Å². The van der Waals surface area contributed by atoms with E-state index in [9.17, 15) is 14.0 Å². The fraction of sp³-hybridized carbons (Fsp3) is 0.375. The van der Waals surface area contributed by atoms with Crippen LogP contribution in [-0.4, -0.2) is 22.7 Å². The first-order valence-corrected chi connectivity index (χ1v) is 13.6. The SMILES string of the molecule is C=C(c1ccc(F)c(C)c1)c1ccc(=O)n(-c2ccc(CN[C@@H](CC(C)C)C(=O)OC3CCCC3)cc2)c1N. The van der Waals surface area contributed by atoms with Crippen molar-refractivity contribution in [2.45, 2.75) is 71.6 Å². The second-order valence-corrected chi connectivity index (χ2v) is 10.8. The normalized spacial score (nSPS) is 14.5. The van der Waals surface area contributed by atoms with Gasteiger partial charge < -0.3 is 15.8 Å². The predicted octanol–water partition coefficient (Wildman–Crippen LogP) is 5.92. The smallest absolute Gasteiger partial charge is 0.323 e. The van der Waals surface area contributed by atoms with Crippen molar-refractivity contribution in [2.24, 2.45) is 5.92 Å². The Kier molecular flexibility index (Phi) is 9.02. The Morgan fingerprint density at radius 3 is 2.46 bits per heavy atom. The molecule has 39 heavy (non-hydrogen) atoms. The second kappa shape index (κ2) is 12.4. The number of halogens is 1. The summed E-state index contributed by atoms with van der Waals surface area (Å²) in [4.78, 5) is 25.6. The molecule has 1 saturated carbocycles. The molecule has 0 saturated heterocycles. The number of benzene rings is 2. The highest BCUT2D eigenvalue weighted by molar-refractivity contribution is 5.83. The van der Waals surface area contributed by atoms with E-state index in [1.807, 2.05) is 24.3 Å². The van der Waals surface area contributed by atoms with E-state index in [1.54, 1.807) is 25.1 Å². The summed E-state index contributed by atoms with van der Waals surface area (Å²) in [5, 5.41) is 3.37. The lowest BCUT2D eigenvalue weighted by Crippen LogP contribution is -2.40. The number of aryl methyl sites for hydroxylation is 1. The van der Waals surface area contributed by atoms with Crippen molar-refractivity contribution in [3.05, 3.63) is 99.6 Å². The number of anilines is 1. The Labute approximate surface area is 229 Å². The van der Waals surface area contributed by atoms with Gasteiger partial charge in [-0.05, 0) is 97.5 Å². The summed E-state index contributed by atoms with van der Waals surface area (Å²) >= 11 is 0. The van der Waals surface area contributed by atoms with Gasteiger partial charge in [0, 0.05) is 18.2 Å². The minimum Gasteiger partial charge on any atom is -0.461 e. The van der Waals surface area contributed by atoms with Crippen molar-refractivity contribution < 1.29 is 13.9 Å². The predicted molar refractivity (Wildman–Crippen MR) is 154 cm³/mol. The van der Waals surface area contributed by atoms with Crippen LogP contribution >= 0.6 is 0 Å². The van der Waals surface area contributed by atoms with E-state index in [2.05, 4.69) is 25.7 Å². The topological polar surface area (TPSA) is 86.3 Å². The van der Waals surface area contributed by atoms with Gasteiger partial charge in [0.25, 0.3) is 5.56 Å². The van der Waals surface area contributed by atoms with Gasteiger partial charge in [0.15, 0.2) is 0 Å². The van der Waals surface area contributed by atoms with E-state index in [0.717, 1.165) is 36.8 Å². The number of hydrogen-bond acceptors (Lipinski definition) is 5. The van der Waals surface area contributed by atoms with Crippen LogP contribution in [0.25, 0.3) is 11.3 Å². The van der Waals surface area contributed by atoms with Gasteiger partial charge in [-0.15, -0.1) is 0 Å². The summed E-state index contributed by atoms with van der Waals surface area (Å²) < 4.78 is 21.0.